The second-order valence-corrected chi connectivity index (χ2v) is 3.81. The Hall–Kier alpha value is -1.06. The van der Waals surface area contributed by atoms with E-state index in [0.717, 1.165) is 18.9 Å². The van der Waals surface area contributed by atoms with Crippen LogP contribution in [0.1, 0.15) is 18.6 Å². The van der Waals surface area contributed by atoms with Crippen LogP contribution < -0.4 is 10.1 Å². The molecule has 2 atom stereocenters. The Labute approximate surface area is 90.4 Å². The largest absolute Gasteiger partial charge is 0.497 e. The Morgan fingerprint density at radius 2 is 2.07 bits per heavy atom. The summed E-state index contributed by atoms with van der Waals surface area (Å²) < 4.78 is 10.9. The lowest BCUT2D eigenvalue weighted by molar-refractivity contribution is -0.000243. The molecule has 0 bridgehead atoms. The molecule has 3 heteroatoms. The van der Waals surface area contributed by atoms with Gasteiger partial charge in [0.05, 0.1) is 19.8 Å². The van der Waals surface area contributed by atoms with Gasteiger partial charge < -0.3 is 14.8 Å². The van der Waals surface area contributed by atoms with Crippen LogP contribution in [-0.2, 0) is 4.74 Å². The molecule has 0 unspecified atom stereocenters. The molecule has 1 N–H and O–H groups in total. The van der Waals surface area contributed by atoms with E-state index in [1.54, 1.807) is 7.11 Å². The molecule has 1 aromatic rings. The third kappa shape index (κ3) is 2.30. The zero-order valence-corrected chi connectivity index (χ0v) is 9.19. The van der Waals surface area contributed by atoms with Gasteiger partial charge in [-0.1, -0.05) is 12.1 Å². The molecule has 0 amide bonds. The molecule has 1 aliphatic rings. The first-order valence-corrected chi connectivity index (χ1v) is 5.30. The number of morpholine rings is 1. The number of hydrogen-bond donors (Lipinski definition) is 1. The van der Waals surface area contributed by atoms with Crippen molar-refractivity contribution in [2.75, 3.05) is 20.3 Å². The fourth-order valence-corrected chi connectivity index (χ4v) is 1.90. The van der Waals surface area contributed by atoms with Crippen LogP contribution in [0.25, 0.3) is 0 Å². The van der Waals surface area contributed by atoms with Crippen molar-refractivity contribution < 1.29 is 9.47 Å². The van der Waals surface area contributed by atoms with Gasteiger partial charge in [-0.05, 0) is 24.6 Å². The van der Waals surface area contributed by atoms with Crippen molar-refractivity contribution in [3.8, 4) is 5.75 Å². The number of rotatable bonds is 2. The van der Waals surface area contributed by atoms with Gasteiger partial charge >= 0.3 is 0 Å². The van der Waals surface area contributed by atoms with Crippen molar-refractivity contribution in [3.05, 3.63) is 29.8 Å². The third-order valence-electron chi connectivity index (χ3n) is 2.76. The predicted molar refractivity (Wildman–Crippen MR) is 59.2 cm³/mol. The first kappa shape index (κ1) is 10.5. The SMILES string of the molecule is COc1ccc([C@H]2OCCN[C@@H]2C)cc1. The first-order chi connectivity index (χ1) is 7.31. The van der Waals surface area contributed by atoms with Gasteiger partial charge in [-0.2, -0.15) is 0 Å². The van der Waals surface area contributed by atoms with Gasteiger partial charge in [-0.3, -0.25) is 0 Å². The topological polar surface area (TPSA) is 30.5 Å². The van der Waals surface area contributed by atoms with Crippen molar-refractivity contribution in [1.29, 1.82) is 0 Å². The van der Waals surface area contributed by atoms with Crippen LogP contribution in [0.4, 0.5) is 0 Å². The summed E-state index contributed by atoms with van der Waals surface area (Å²) in [5, 5.41) is 3.40. The van der Waals surface area contributed by atoms with Crippen molar-refractivity contribution in [1.82, 2.24) is 5.32 Å². The smallest absolute Gasteiger partial charge is 0.118 e. The van der Waals surface area contributed by atoms with Crippen LogP contribution in [0.15, 0.2) is 24.3 Å². The molecular formula is C12H17NO2. The highest BCUT2D eigenvalue weighted by molar-refractivity contribution is 5.29. The fourth-order valence-electron chi connectivity index (χ4n) is 1.90. The molecule has 2 rings (SSSR count). The number of hydrogen-bond acceptors (Lipinski definition) is 3. The standard InChI is InChI=1S/C12H17NO2/c1-9-12(15-8-7-13-9)10-3-5-11(14-2)6-4-10/h3-6,9,12-13H,7-8H2,1-2H3/t9-,12+/m1/s1. The quantitative estimate of drug-likeness (QED) is 0.801. The number of benzene rings is 1. The molecule has 1 aromatic carbocycles. The minimum atomic E-state index is 0.157. The predicted octanol–water partition coefficient (Wildman–Crippen LogP) is 1.74. The van der Waals surface area contributed by atoms with Gasteiger partial charge in [0, 0.05) is 12.6 Å². The number of nitrogens with one attached hydrogen (secondary N) is 1. The van der Waals surface area contributed by atoms with E-state index >= 15 is 0 Å². The average Bonchev–Trinajstić information content (AvgIpc) is 2.30. The van der Waals surface area contributed by atoms with Gasteiger partial charge in [0.2, 0.25) is 0 Å². The summed E-state index contributed by atoms with van der Waals surface area (Å²) in [6, 6.07) is 8.44. The van der Waals surface area contributed by atoms with Gasteiger partial charge in [-0.25, -0.2) is 0 Å². The highest BCUT2D eigenvalue weighted by atomic mass is 16.5. The average molecular weight is 207 g/mol. The lowest BCUT2D eigenvalue weighted by Gasteiger charge is -2.30. The molecule has 82 valence electrons. The van der Waals surface area contributed by atoms with Gasteiger partial charge in [-0.15, -0.1) is 0 Å². The lowest BCUT2D eigenvalue weighted by atomic mass is 10.0. The van der Waals surface area contributed by atoms with Gasteiger partial charge in [0.1, 0.15) is 5.75 Å². The molecule has 1 aliphatic heterocycles. The highest BCUT2D eigenvalue weighted by Gasteiger charge is 2.22. The number of methoxy groups -OCH3 is 1. The molecule has 15 heavy (non-hydrogen) atoms. The Bertz CT molecular complexity index is 310. The zero-order chi connectivity index (χ0) is 10.7. The molecule has 1 saturated heterocycles. The summed E-state index contributed by atoms with van der Waals surface area (Å²) in [4.78, 5) is 0. The van der Waals surface area contributed by atoms with Gasteiger partial charge in [0.15, 0.2) is 0 Å². The Morgan fingerprint density at radius 3 is 2.67 bits per heavy atom. The maximum Gasteiger partial charge on any atom is 0.118 e. The van der Waals surface area contributed by atoms with E-state index in [9.17, 15) is 0 Å². The number of ether oxygens (including phenoxy) is 2. The zero-order valence-electron chi connectivity index (χ0n) is 9.19. The molecule has 1 fully saturated rings. The molecular weight excluding hydrogens is 190 g/mol. The van der Waals surface area contributed by atoms with E-state index in [1.165, 1.54) is 5.56 Å². The molecule has 1 heterocycles. The molecule has 3 nitrogen and oxygen atoms in total. The Morgan fingerprint density at radius 1 is 1.33 bits per heavy atom. The summed E-state index contributed by atoms with van der Waals surface area (Å²) >= 11 is 0. The van der Waals surface area contributed by atoms with Gasteiger partial charge in [0.25, 0.3) is 0 Å². The molecule has 0 spiro atoms. The van der Waals surface area contributed by atoms with Crippen molar-refractivity contribution in [2.45, 2.75) is 19.1 Å². The van der Waals surface area contributed by atoms with Crippen molar-refractivity contribution >= 4 is 0 Å². The van der Waals surface area contributed by atoms with E-state index in [4.69, 9.17) is 9.47 Å². The minimum absolute atomic E-state index is 0.157. The summed E-state index contributed by atoms with van der Waals surface area (Å²) in [7, 11) is 1.68. The van der Waals surface area contributed by atoms with E-state index in [-0.39, 0.29) is 6.10 Å². The molecule has 0 saturated carbocycles. The molecule has 0 aromatic heterocycles. The maximum absolute atomic E-state index is 5.75. The molecule has 0 radical (unpaired) electrons. The lowest BCUT2D eigenvalue weighted by Crippen LogP contribution is -2.41. The summed E-state index contributed by atoms with van der Waals surface area (Å²) in [6.07, 6.45) is 0.157. The monoisotopic (exact) mass is 207 g/mol. The fraction of sp³-hybridized carbons (Fsp3) is 0.500. The summed E-state index contributed by atoms with van der Waals surface area (Å²) in [5.41, 5.74) is 1.20. The van der Waals surface area contributed by atoms with Crippen LogP contribution in [-0.4, -0.2) is 26.3 Å². The van der Waals surface area contributed by atoms with Crippen LogP contribution in [0.3, 0.4) is 0 Å². The van der Waals surface area contributed by atoms with E-state index < -0.39 is 0 Å². The summed E-state index contributed by atoms with van der Waals surface area (Å²) in [6.45, 7) is 3.86. The summed E-state index contributed by atoms with van der Waals surface area (Å²) in [5.74, 6) is 0.884. The van der Waals surface area contributed by atoms with E-state index in [0.29, 0.717) is 6.04 Å². The third-order valence-corrected chi connectivity index (χ3v) is 2.76. The van der Waals surface area contributed by atoms with Crippen LogP contribution in [0, 0.1) is 0 Å². The van der Waals surface area contributed by atoms with E-state index in [1.807, 2.05) is 12.1 Å². The van der Waals surface area contributed by atoms with Crippen LogP contribution in [0.5, 0.6) is 5.75 Å². The van der Waals surface area contributed by atoms with Crippen molar-refractivity contribution in [3.63, 3.8) is 0 Å². The first-order valence-electron chi connectivity index (χ1n) is 5.30. The Balaban J connectivity index is 2.13. The Kier molecular flexibility index (Phi) is 3.23. The highest BCUT2D eigenvalue weighted by Crippen LogP contribution is 2.25. The normalized spacial score (nSPS) is 26.3. The van der Waals surface area contributed by atoms with Crippen LogP contribution in [0.2, 0.25) is 0 Å². The van der Waals surface area contributed by atoms with Crippen LogP contribution >= 0.6 is 0 Å². The van der Waals surface area contributed by atoms with E-state index in [2.05, 4.69) is 24.4 Å². The second kappa shape index (κ2) is 4.64. The second-order valence-electron chi connectivity index (χ2n) is 3.81. The maximum atomic E-state index is 5.75. The van der Waals surface area contributed by atoms with Crippen molar-refractivity contribution in [2.24, 2.45) is 0 Å². The minimum Gasteiger partial charge on any atom is -0.497 e. The molecule has 0 aliphatic carbocycles.